The predicted octanol–water partition coefficient (Wildman–Crippen LogP) is 2.94. The van der Waals surface area contributed by atoms with E-state index in [1.807, 2.05) is 24.3 Å². The lowest BCUT2D eigenvalue weighted by molar-refractivity contribution is -0.134. The number of carbonyl (C=O) groups is 1. The van der Waals surface area contributed by atoms with Crippen LogP contribution in [-0.2, 0) is 4.79 Å². The Kier molecular flexibility index (Phi) is 4.33. The summed E-state index contributed by atoms with van der Waals surface area (Å²) in [5, 5.41) is 9.80. The molecule has 1 N–H and O–H groups in total. The highest BCUT2D eigenvalue weighted by molar-refractivity contribution is 5.88. The van der Waals surface area contributed by atoms with Gasteiger partial charge >= 0.3 is 0 Å². The van der Waals surface area contributed by atoms with Crippen LogP contribution in [0.1, 0.15) is 6.92 Å². The fourth-order valence-electron chi connectivity index (χ4n) is 1.37. The van der Waals surface area contributed by atoms with Crippen LogP contribution in [0.3, 0.4) is 0 Å². The molecule has 0 radical (unpaired) electrons. The number of methoxy groups -OCH3 is 1. The zero-order chi connectivity index (χ0) is 12.0. The van der Waals surface area contributed by atoms with E-state index >= 15 is 0 Å². The first-order chi connectivity index (χ1) is 7.65. The van der Waals surface area contributed by atoms with Crippen LogP contribution < -0.4 is 4.74 Å². The van der Waals surface area contributed by atoms with Crippen molar-refractivity contribution in [2.24, 2.45) is 0 Å². The summed E-state index contributed by atoms with van der Waals surface area (Å²) in [7, 11) is 1.70. The Bertz CT molecular complexity index is 468. The molecule has 0 bridgehead atoms. The maximum atomic E-state index is 9.00. The Morgan fingerprint density at radius 2 is 1.69 bits per heavy atom. The summed E-state index contributed by atoms with van der Waals surface area (Å²) in [6.07, 6.45) is 0. The highest BCUT2D eigenvalue weighted by Gasteiger charge is 1.96. The molecule has 3 nitrogen and oxygen atoms in total. The standard InChI is InChI=1S/C11H10O.C2H4O2/c1-12-11-8-4-6-9-5-2-3-7-10(9)11;1-2(3)4/h2-8H,1H3;1H3,(H,3,4). The highest BCUT2D eigenvalue weighted by atomic mass is 16.5. The maximum absolute atomic E-state index is 9.00. The molecule has 84 valence electrons. The number of fused-ring (bicyclic) bond motifs is 1. The van der Waals surface area contributed by atoms with Crippen molar-refractivity contribution in [3.05, 3.63) is 42.5 Å². The van der Waals surface area contributed by atoms with Crippen molar-refractivity contribution in [3.63, 3.8) is 0 Å². The maximum Gasteiger partial charge on any atom is 0.300 e. The molecule has 0 atom stereocenters. The third-order valence-electron chi connectivity index (χ3n) is 1.97. The third-order valence-corrected chi connectivity index (χ3v) is 1.97. The van der Waals surface area contributed by atoms with Gasteiger partial charge in [0.25, 0.3) is 5.97 Å². The summed E-state index contributed by atoms with van der Waals surface area (Å²) in [6, 6.07) is 14.2. The minimum absolute atomic E-state index is 0.833. The van der Waals surface area contributed by atoms with Gasteiger partial charge in [-0.3, -0.25) is 4.79 Å². The van der Waals surface area contributed by atoms with Gasteiger partial charge in [-0.2, -0.15) is 0 Å². The van der Waals surface area contributed by atoms with Crippen LogP contribution >= 0.6 is 0 Å². The first-order valence-electron chi connectivity index (χ1n) is 4.86. The minimum atomic E-state index is -0.833. The Hall–Kier alpha value is -2.03. The molecule has 0 unspecified atom stereocenters. The average molecular weight is 218 g/mol. The van der Waals surface area contributed by atoms with Crippen molar-refractivity contribution < 1.29 is 14.6 Å². The van der Waals surface area contributed by atoms with Gasteiger partial charge in [-0.25, -0.2) is 0 Å². The fourth-order valence-corrected chi connectivity index (χ4v) is 1.37. The van der Waals surface area contributed by atoms with Gasteiger partial charge in [0.1, 0.15) is 5.75 Å². The van der Waals surface area contributed by atoms with E-state index in [2.05, 4.69) is 18.2 Å². The molecule has 2 aromatic carbocycles. The van der Waals surface area contributed by atoms with Gasteiger partial charge in [0.05, 0.1) is 7.11 Å². The molecule has 3 heteroatoms. The summed E-state index contributed by atoms with van der Waals surface area (Å²) < 4.78 is 5.23. The van der Waals surface area contributed by atoms with E-state index in [4.69, 9.17) is 14.6 Å². The van der Waals surface area contributed by atoms with Gasteiger partial charge in [-0.15, -0.1) is 0 Å². The van der Waals surface area contributed by atoms with Gasteiger partial charge in [0, 0.05) is 12.3 Å². The lowest BCUT2D eigenvalue weighted by Gasteiger charge is -2.03. The fraction of sp³-hybridized carbons (Fsp3) is 0.154. The largest absolute Gasteiger partial charge is 0.496 e. The van der Waals surface area contributed by atoms with Crippen LogP contribution in [0.2, 0.25) is 0 Å². The summed E-state index contributed by atoms with van der Waals surface area (Å²) in [5.74, 6) is 0.105. The highest BCUT2D eigenvalue weighted by Crippen LogP contribution is 2.24. The summed E-state index contributed by atoms with van der Waals surface area (Å²) in [5.41, 5.74) is 0. The molecule has 0 aliphatic carbocycles. The number of rotatable bonds is 1. The van der Waals surface area contributed by atoms with E-state index in [-0.39, 0.29) is 0 Å². The Balaban J connectivity index is 0.000000280. The molecule has 0 aliphatic rings. The molecule has 0 amide bonds. The topological polar surface area (TPSA) is 46.5 Å². The number of benzene rings is 2. The molecule has 0 spiro atoms. The zero-order valence-electron chi connectivity index (χ0n) is 9.31. The van der Waals surface area contributed by atoms with E-state index < -0.39 is 5.97 Å². The number of hydrogen-bond acceptors (Lipinski definition) is 2. The number of carboxylic acid groups (broad SMARTS) is 1. The summed E-state index contributed by atoms with van der Waals surface area (Å²) in [6.45, 7) is 1.08. The monoisotopic (exact) mass is 218 g/mol. The molecule has 2 rings (SSSR count). The molecule has 16 heavy (non-hydrogen) atoms. The number of aliphatic carboxylic acids is 1. The van der Waals surface area contributed by atoms with Gasteiger partial charge < -0.3 is 9.84 Å². The van der Waals surface area contributed by atoms with Gasteiger partial charge in [0.2, 0.25) is 0 Å². The molecule has 0 aliphatic heterocycles. The molecule has 0 aromatic heterocycles. The normalized spacial score (nSPS) is 9.12. The lowest BCUT2D eigenvalue weighted by atomic mass is 10.1. The first kappa shape index (κ1) is 12.0. The Labute approximate surface area is 94.3 Å². The van der Waals surface area contributed by atoms with Gasteiger partial charge in [-0.05, 0) is 11.5 Å². The second kappa shape index (κ2) is 5.75. The Morgan fingerprint density at radius 1 is 1.12 bits per heavy atom. The van der Waals surface area contributed by atoms with Crippen molar-refractivity contribution >= 4 is 16.7 Å². The van der Waals surface area contributed by atoms with E-state index in [9.17, 15) is 0 Å². The van der Waals surface area contributed by atoms with Crippen LogP contribution in [0, 0.1) is 0 Å². The molecule has 0 saturated carbocycles. The Morgan fingerprint density at radius 3 is 2.31 bits per heavy atom. The summed E-state index contributed by atoms with van der Waals surface area (Å²) in [4.78, 5) is 9.00. The van der Waals surface area contributed by atoms with E-state index in [1.54, 1.807) is 7.11 Å². The molecule has 0 saturated heterocycles. The van der Waals surface area contributed by atoms with Crippen LogP contribution in [-0.4, -0.2) is 18.2 Å². The number of carboxylic acids is 1. The second-order valence-corrected chi connectivity index (χ2v) is 3.20. The lowest BCUT2D eigenvalue weighted by Crippen LogP contribution is -1.83. The second-order valence-electron chi connectivity index (χ2n) is 3.20. The van der Waals surface area contributed by atoms with Gasteiger partial charge in [0.15, 0.2) is 0 Å². The van der Waals surface area contributed by atoms with E-state index in [0.717, 1.165) is 12.7 Å². The quantitative estimate of drug-likeness (QED) is 0.800. The van der Waals surface area contributed by atoms with E-state index in [0.29, 0.717) is 0 Å². The summed E-state index contributed by atoms with van der Waals surface area (Å²) >= 11 is 0. The number of hydrogen-bond donors (Lipinski definition) is 1. The van der Waals surface area contributed by atoms with Gasteiger partial charge in [-0.1, -0.05) is 36.4 Å². The first-order valence-corrected chi connectivity index (χ1v) is 4.86. The van der Waals surface area contributed by atoms with E-state index in [1.165, 1.54) is 10.8 Å². The molecular weight excluding hydrogens is 204 g/mol. The van der Waals surface area contributed by atoms with Crippen molar-refractivity contribution in [3.8, 4) is 5.75 Å². The van der Waals surface area contributed by atoms with Crippen LogP contribution in [0.15, 0.2) is 42.5 Å². The van der Waals surface area contributed by atoms with Crippen molar-refractivity contribution in [2.45, 2.75) is 6.92 Å². The number of ether oxygens (including phenoxy) is 1. The van der Waals surface area contributed by atoms with Crippen LogP contribution in [0.4, 0.5) is 0 Å². The van der Waals surface area contributed by atoms with Crippen molar-refractivity contribution in [1.82, 2.24) is 0 Å². The van der Waals surface area contributed by atoms with Crippen molar-refractivity contribution in [1.29, 1.82) is 0 Å². The average Bonchev–Trinajstić information content (AvgIpc) is 2.27. The zero-order valence-corrected chi connectivity index (χ0v) is 9.31. The van der Waals surface area contributed by atoms with Crippen LogP contribution in [0.5, 0.6) is 5.75 Å². The molecule has 0 heterocycles. The van der Waals surface area contributed by atoms with Crippen molar-refractivity contribution in [2.75, 3.05) is 7.11 Å². The molecule has 2 aromatic rings. The molecule has 0 fully saturated rings. The molecular formula is C13H14O3. The predicted molar refractivity (Wildman–Crippen MR) is 63.8 cm³/mol. The minimum Gasteiger partial charge on any atom is -0.496 e. The smallest absolute Gasteiger partial charge is 0.300 e. The SMILES string of the molecule is CC(=O)O.COc1cccc2ccccc12. The third kappa shape index (κ3) is 3.28. The van der Waals surface area contributed by atoms with Crippen LogP contribution in [0.25, 0.3) is 10.8 Å².